The van der Waals surface area contributed by atoms with E-state index >= 15 is 0 Å². The Hall–Kier alpha value is -2.62. The second-order valence-electron chi connectivity index (χ2n) is 6.99. The first kappa shape index (κ1) is 22.1. The van der Waals surface area contributed by atoms with E-state index in [0.29, 0.717) is 11.6 Å². The van der Waals surface area contributed by atoms with Crippen molar-refractivity contribution in [1.29, 1.82) is 0 Å². The maximum Gasteiger partial charge on any atom is 0.243 e. The van der Waals surface area contributed by atoms with Crippen LogP contribution in [-0.4, -0.2) is 37.2 Å². The minimum atomic E-state index is -3.78. The van der Waals surface area contributed by atoms with Gasteiger partial charge < -0.3 is 5.32 Å². The van der Waals surface area contributed by atoms with E-state index in [9.17, 15) is 17.6 Å². The van der Waals surface area contributed by atoms with Crippen LogP contribution in [0.1, 0.15) is 21.6 Å². The second kappa shape index (κ2) is 9.03. The van der Waals surface area contributed by atoms with Gasteiger partial charge in [0.25, 0.3) is 0 Å². The Balaban J connectivity index is 1.61. The predicted molar refractivity (Wildman–Crippen MR) is 116 cm³/mol. The number of aromatic nitrogens is 1. The van der Waals surface area contributed by atoms with E-state index in [1.807, 2.05) is 13.8 Å². The van der Waals surface area contributed by atoms with Crippen LogP contribution < -0.4 is 5.32 Å². The number of halogens is 1. The summed E-state index contributed by atoms with van der Waals surface area (Å²) >= 11 is 1.29. The van der Waals surface area contributed by atoms with Gasteiger partial charge in [-0.25, -0.2) is 17.8 Å². The molecular formula is C21H22FN3O3S2. The zero-order valence-electron chi connectivity index (χ0n) is 16.8. The number of nitrogens with zero attached hydrogens (tertiary/aromatic N) is 2. The minimum Gasteiger partial charge on any atom is -0.301 e. The van der Waals surface area contributed by atoms with E-state index in [4.69, 9.17) is 0 Å². The molecule has 0 aliphatic carbocycles. The summed E-state index contributed by atoms with van der Waals surface area (Å²) in [5.41, 5.74) is 2.79. The van der Waals surface area contributed by atoms with Crippen molar-refractivity contribution < 1.29 is 17.6 Å². The molecule has 9 heteroatoms. The maximum atomic E-state index is 13.0. The van der Waals surface area contributed by atoms with Crippen molar-refractivity contribution in [1.82, 2.24) is 9.29 Å². The van der Waals surface area contributed by atoms with E-state index in [1.165, 1.54) is 36.6 Å². The Bertz CT molecular complexity index is 1160. The van der Waals surface area contributed by atoms with Crippen LogP contribution in [0.15, 0.2) is 53.6 Å². The normalized spacial score (nSPS) is 11.6. The topological polar surface area (TPSA) is 79.4 Å². The van der Waals surface area contributed by atoms with Crippen LogP contribution in [0.4, 0.5) is 9.52 Å². The average Bonchev–Trinajstić information content (AvgIpc) is 3.12. The first-order chi connectivity index (χ1) is 14.1. The van der Waals surface area contributed by atoms with Crippen molar-refractivity contribution in [2.45, 2.75) is 25.2 Å². The number of anilines is 1. The molecular weight excluding hydrogens is 425 g/mol. The van der Waals surface area contributed by atoms with Gasteiger partial charge in [0, 0.05) is 24.5 Å². The number of aryl methyl sites for hydroxylation is 2. The third kappa shape index (κ3) is 5.29. The molecule has 0 saturated carbocycles. The van der Waals surface area contributed by atoms with Crippen LogP contribution in [0.3, 0.4) is 0 Å². The number of carbonyl (C=O) groups is 1. The molecule has 2 aromatic carbocycles. The van der Waals surface area contributed by atoms with Crippen LogP contribution in [0.2, 0.25) is 0 Å². The molecule has 3 aromatic rings. The van der Waals surface area contributed by atoms with Gasteiger partial charge in [0.1, 0.15) is 5.82 Å². The highest BCUT2D eigenvalue weighted by molar-refractivity contribution is 7.89. The summed E-state index contributed by atoms with van der Waals surface area (Å²) in [6.07, 6.45) is 2.20. The average molecular weight is 448 g/mol. The Kier molecular flexibility index (Phi) is 6.64. The first-order valence-electron chi connectivity index (χ1n) is 9.18. The molecule has 0 unspecified atom stereocenters. The summed E-state index contributed by atoms with van der Waals surface area (Å²) in [6.45, 7) is 3.41. The van der Waals surface area contributed by atoms with Gasteiger partial charge in [-0.2, -0.15) is 4.31 Å². The second-order valence-corrected chi connectivity index (χ2v) is 10.2. The summed E-state index contributed by atoms with van der Waals surface area (Å²) in [4.78, 5) is 17.5. The van der Waals surface area contributed by atoms with Crippen molar-refractivity contribution >= 4 is 32.4 Å². The number of likely N-dealkylation sites (N-methyl/N-ethyl adjacent to an activating group) is 1. The molecule has 0 spiro atoms. The molecule has 0 bridgehead atoms. The van der Waals surface area contributed by atoms with E-state index in [0.717, 1.165) is 25.9 Å². The summed E-state index contributed by atoms with van der Waals surface area (Å²) < 4.78 is 39.5. The van der Waals surface area contributed by atoms with Crippen molar-refractivity contribution in [3.8, 4) is 0 Å². The maximum absolute atomic E-state index is 13.0. The molecule has 1 amide bonds. The largest absolute Gasteiger partial charge is 0.301 e. The van der Waals surface area contributed by atoms with Gasteiger partial charge in [0.2, 0.25) is 15.9 Å². The summed E-state index contributed by atoms with van der Waals surface area (Å²) in [5.74, 6) is -0.775. The van der Waals surface area contributed by atoms with E-state index < -0.39 is 15.9 Å². The number of nitrogens with one attached hydrogen (secondary N) is 1. The van der Waals surface area contributed by atoms with Gasteiger partial charge in [-0.15, -0.1) is 11.3 Å². The highest BCUT2D eigenvalue weighted by Gasteiger charge is 2.23. The molecule has 0 radical (unpaired) electrons. The predicted octanol–water partition coefficient (Wildman–Crippen LogP) is 3.75. The molecule has 0 atom stereocenters. The van der Waals surface area contributed by atoms with Gasteiger partial charge in [-0.05, 0) is 54.8 Å². The summed E-state index contributed by atoms with van der Waals surface area (Å²) in [5, 5.41) is 3.02. The van der Waals surface area contributed by atoms with Crippen molar-refractivity contribution in [2.24, 2.45) is 0 Å². The molecule has 1 aromatic heterocycles. The number of benzene rings is 2. The molecule has 0 fully saturated rings. The lowest BCUT2D eigenvalue weighted by molar-refractivity contribution is -0.116. The van der Waals surface area contributed by atoms with E-state index in [2.05, 4.69) is 10.3 Å². The number of carbonyl (C=O) groups excluding carboxylic acids is 1. The number of hydrogen-bond acceptors (Lipinski definition) is 5. The molecule has 1 N–H and O–H groups in total. The lowest BCUT2D eigenvalue weighted by Gasteiger charge is -2.17. The number of rotatable bonds is 7. The van der Waals surface area contributed by atoms with Gasteiger partial charge >= 0.3 is 0 Å². The molecule has 3 rings (SSSR count). The molecule has 0 aliphatic heterocycles. The third-order valence-corrected chi connectivity index (χ3v) is 7.36. The molecule has 0 aliphatic rings. The van der Waals surface area contributed by atoms with E-state index in [1.54, 1.807) is 30.5 Å². The number of sulfonamides is 1. The Morgan fingerprint density at radius 1 is 1.13 bits per heavy atom. The quantitative estimate of drug-likeness (QED) is 0.598. The fourth-order valence-corrected chi connectivity index (χ4v) is 4.83. The Morgan fingerprint density at radius 2 is 1.83 bits per heavy atom. The number of thiazole rings is 1. The van der Waals surface area contributed by atoms with Gasteiger partial charge in [0.05, 0.1) is 11.4 Å². The molecule has 158 valence electrons. The van der Waals surface area contributed by atoms with Crippen LogP contribution in [0, 0.1) is 19.7 Å². The molecule has 30 heavy (non-hydrogen) atoms. The number of hydrogen-bond donors (Lipinski definition) is 1. The third-order valence-electron chi connectivity index (χ3n) is 4.64. The molecule has 1 heterocycles. The van der Waals surface area contributed by atoms with Gasteiger partial charge in [-0.1, -0.05) is 18.2 Å². The highest BCUT2D eigenvalue weighted by Crippen LogP contribution is 2.22. The van der Waals surface area contributed by atoms with Gasteiger partial charge in [0.15, 0.2) is 5.13 Å². The lowest BCUT2D eigenvalue weighted by atomic mass is 10.1. The summed E-state index contributed by atoms with van der Waals surface area (Å²) in [7, 11) is -2.41. The fraction of sp³-hybridized carbons (Fsp3) is 0.238. The van der Waals surface area contributed by atoms with Crippen LogP contribution >= 0.6 is 11.3 Å². The fourth-order valence-electron chi connectivity index (χ4n) is 2.75. The highest BCUT2D eigenvalue weighted by atomic mass is 32.2. The zero-order chi connectivity index (χ0) is 21.9. The van der Waals surface area contributed by atoms with E-state index in [-0.39, 0.29) is 17.3 Å². The zero-order valence-corrected chi connectivity index (χ0v) is 18.5. The number of amides is 1. The van der Waals surface area contributed by atoms with Crippen LogP contribution in [0.25, 0.3) is 0 Å². The van der Waals surface area contributed by atoms with Crippen molar-refractivity contribution in [3.05, 3.63) is 76.0 Å². The van der Waals surface area contributed by atoms with Gasteiger partial charge in [-0.3, -0.25) is 4.79 Å². The van der Waals surface area contributed by atoms with Crippen LogP contribution in [-0.2, 0) is 21.2 Å². The monoisotopic (exact) mass is 447 g/mol. The smallest absolute Gasteiger partial charge is 0.243 e. The van der Waals surface area contributed by atoms with Crippen molar-refractivity contribution in [3.63, 3.8) is 0 Å². The molecule has 6 nitrogen and oxygen atoms in total. The molecule has 0 saturated heterocycles. The lowest BCUT2D eigenvalue weighted by Crippen LogP contribution is -2.35. The SMILES string of the molecule is Cc1ccc(S(=O)(=O)N(C)CC(=O)Nc2ncc(Cc3ccc(F)cc3)s2)cc1C. The summed E-state index contributed by atoms with van der Waals surface area (Å²) in [6, 6.07) is 11.1. The minimum absolute atomic E-state index is 0.150. The van der Waals surface area contributed by atoms with Crippen molar-refractivity contribution in [2.75, 3.05) is 18.9 Å². The van der Waals surface area contributed by atoms with Crippen LogP contribution in [0.5, 0.6) is 0 Å². The Labute approximate surface area is 179 Å². The first-order valence-corrected chi connectivity index (χ1v) is 11.4. The Morgan fingerprint density at radius 3 is 2.50 bits per heavy atom. The standard InChI is InChI=1S/C21H22FN3O3S2/c1-14-4-9-19(10-15(14)2)30(27,28)25(3)13-20(26)24-21-23-12-18(29-21)11-16-5-7-17(22)8-6-16/h4-10,12H,11,13H2,1-3H3,(H,23,24,26).